The summed E-state index contributed by atoms with van der Waals surface area (Å²) in [6, 6.07) is 67.7. The molecule has 0 aliphatic rings. The molecule has 0 spiro atoms. The van der Waals surface area contributed by atoms with Gasteiger partial charge in [0.05, 0.1) is 11.0 Å². The van der Waals surface area contributed by atoms with Crippen molar-refractivity contribution >= 4 is 70.9 Å². The van der Waals surface area contributed by atoms with Gasteiger partial charge in [0.25, 0.3) is 0 Å². The molecule has 0 atom stereocenters. The van der Waals surface area contributed by atoms with Crippen molar-refractivity contribution in [3.8, 4) is 56.4 Å². The number of pyridine rings is 1. The number of benzene rings is 9. The maximum Gasteiger partial charge on any atom is 0.164 e. The number of rotatable bonds is 5. The molecule has 6 heteroatoms. The first kappa shape index (κ1) is 34.4. The Bertz CT molecular complexity index is 3870. The van der Waals surface area contributed by atoms with E-state index in [1.54, 1.807) is 0 Å². The lowest BCUT2D eigenvalue weighted by Crippen LogP contribution is -2.00. The fourth-order valence-corrected chi connectivity index (χ4v) is 9.32. The van der Waals surface area contributed by atoms with E-state index in [-0.39, 0.29) is 0 Å². The molecule has 4 heterocycles. The summed E-state index contributed by atoms with van der Waals surface area (Å²) in [7, 11) is 0. The van der Waals surface area contributed by atoms with E-state index in [1.807, 2.05) is 72.8 Å². The average Bonchev–Trinajstić information content (AvgIpc) is 3.92. The first-order valence-corrected chi connectivity index (χ1v) is 20.8. The van der Waals surface area contributed by atoms with Gasteiger partial charge in [-0.2, -0.15) is 0 Å². The predicted molar refractivity (Wildman–Crippen MR) is 253 cm³/mol. The molecule has 0 aliphatic heterocycles. The third-order valence-corrected chi connectivity index (χ3v) is 12.3. The van der Waals surface area contributed by atoms with Crippen molar-refractivity contribution in [1.29, 1.82) is 0 Å². The van der Waals surface area contributed by atoms with E-state index in [0.29, 0.717) is 17.5 Å². The highest BCUT2D eigenvalue weighted by molar-refractivity contribution is 6.25. The van der Waals surface area contributed by atoms with Gasteiger partial charge in [0.2, 0.25) is 0 Å². The van der Waals surface area contributed by atoms with Crippen LogP contribution in [0.5, 0.6) is 0 Å². The van der Waals surface area contributed by atoms with Gasteiger partial charge in [0.1, 0.15) is 16.8 Å². The number of nitrogens with zero attached hydrogens (tertiary/aromatic N) is 5. The zero-order chi connectivity index (χ0) is 40.7. The molecule has 288 valence electrons. The number of hydrogen-bond acceptors (Lipinski definition) is 5. The van der Waals surface area contributed by atoms with Gasteiger partial charge in [-0.15, -0.1) is 0 Å². The van der Waals surface area contributed by atoms with Gasteiger partial charge in [0.15, 0.2) is 17.5 Å². The fraction of sp³-hybridized carbons (Fsp3) is 0. The van der Waals surface area contributed by atoms with E-state index in [2.05, 4.69) is 132 Å². The van der Waals surface area contributed by atoms with Crippen molar-refractivity contribution in [2.24, 2.45) is 0 Å². The Labute approximate surface area is 355 Å². The van der Waals surface area contributed by atoms with Gasteiger partial charge in [0, 0.05) is 44.4 Å². The van der Waals surface area contributed by atoms with Crippen molar-refractivity contribution < 1.29 is 4.42 Å². The lowest BCUT2D eigenvalue weighted by Gasteiger charge is -2.14. The summed E-state index contributed by atoms with van der Waals surface area (Å²) >= 11 is 0. The first-order chi connectivity index (χ1) is 30.7. The van der Waals surface area contributed by atoms with E-state index >= 15 is 0 Å². The number of aromatic nitrogens is 5. The molecule has 0 unspecified atom stereocenters. The highest BCUT2D eigenvalue weighted by Crippen LogP contribution is 2.41. The van der Waals surface area contributed by atoms with Crippen molar-refractivity contribution in [2.45, 2.75) is 0 Å². The molecule has 6 nitrogen and oxygen atoms in total. The van der Waals surface area contributed by atoms with Crippen LogP contribution >= 0.6 is 0 Å². The Hall–Kier alpha value is -8.48. The third-order valence-electron chi connectivity index (χ3n) is 12.3. The van der Waals surface area contributed by atoms with Crippen LogP contribution in [0.15, 0.2) is 205 Å². The summed E-state index contributed by atoms with van der Waals surface area (Å²) in [5.41, 5.74) is 12.1. The molecule has 0 N–H and O–H groups in total. The lowest BCUT2D eigenvalue weighted by molar-refractivity contribution is 0.669. The van der Waals surface area contributed by atoms with Crippen molar-refractivity contribution in [3.63, 3.8) is 0 Å². The Morgan fingerprint density at radius 3 is 1.65 bits per heavy atom. The van der Waals surface area contributed by atoms with Crippen LogP contribution in [0.1, 0.15) is 0 Å². The zero-order valence-corrected chi connectivity index (χ0v) is 33.2. The normalized spacial score (nSPS) is 11.9. The van der Waals surface area contributed by atoms with Crippen molar-refractivity contribution in [2.75, 3.05) is 0 Å². The van der Waals surface area contributed by atoms with Gasteiger partial charge in [-0.1, -0.05) is 152 Å². The molecule has 62 heavy (non-hydrogen) atoms. The van der Waals surface area contributed by atoms with E-state index in [4.69, 9.17) is 24.4 Å². The van der Waals surface area contributed by atoms with Crippen LogP contribution in [-0.2, 0) is 0 Å². The smallest absolute Gasteiger partial charge is 0.164 e. The van der Waals surface area contributed by atoms with Crippen LogP contribution in [0, 0.1) is 0 Å². The highest BCUT2D eigenvalue weighted by Gasteiger charge is 2.19. The topological polar surface area (TPSA) is 69.1 Å². The van der Waals surface area contributed by atoms with Gasteiger partial charge in [-0.3, -0.25) is 4.40 Å². The summed E-state index contributed by atoms with van der Waals surface area (Å²) in [5.74, 6) is 1.92. The molecule has 13 aromatic rings. The molecule has 9 aromatic carbocycles. The molecular formula is C56H33N5O. The van der Waals surface area contributed by atoms with Gasteiger partial charge in [-0.05, 0) is 86.3 Å². The van der Waals surface area contributed by atoms with Crippen molar-refractivity contribution in [1.82, 2.24) is 24.3 Å². The van der Waals surface area contributed by atoms with Crippen LogP contribution < -0.4 is 0 Å². The number of hydrogen-bond donors (Lipinski definition) is 0. The fourth-order valence-electron chi connectivity index (χ4n) is 9.32. The summed E-state index contributed by atoms with van der Waals surface area (Å²) < 4.78 is 8.37. The van der Waals surface area contributed by atoms with E-state index in [0.717, 1.165) is 99.1 Å². The molecular weight excluding hydrogens is 759 g/mol. The standard InChI is InChI=1S/C56H33N5O/c1-3-13-34(14-4-1)54-58-55(35-15-5-2-6-16-35)60-56(59-54)46-27-26-39(40-17-7-8-18-41(40)46)38-23-25-45-47(32-38)42-19-9-10-21-44(42)52-53(45)61-30-29-37(33-51(61)57-52)36-24-28-50-48(31-36)43-20-11-12-22-49(43)62-50/h1-33H. The minimum absolute atomic E-state index is 0.638. The Kier molecular flexibility index (Phi) is 7.50. The third kappa shape index (κ3) is 5.37. The summed E-state index contributed by atoms with van der Waals surface area (Å²) in [6.07, 6.45) is 2.17. The Morgan fingerprint density at radius 2 is 0.887 bits per heavy atom. The molecule has 0 saturated carbocycles. The second kappa shape index (κ2) is 13.5. The first-order valence-electron chi connectivity index (χ1n) is 20.8. The largest absolute Gasteiger partial charge is 0.456 e. The Balaban J connectivity index is 0.964. The van der Waals surface area contributed by atoms with Crippen LogP contribution in [0.25, 0.3) is 127 Å². The monoisotopic (exact) mass is 791 g/mol. The van der Waals surface area contributed by atoms with Crippen LogP contribution in [0.2, 0.25) is 0 Å². The number of para-hydroxylation sites is 1. The maximum absolute atomic E-state index is 6.13. The molecule has 0 amide bonds. The summed E-state index contributed by atoms with van der Waals surface area (Å²) in [6.45, 7) is 0. The number of imidazole rings is 1. The van der Waals surface area contributed by atoms with Crippen molar-refractivity contribution in [3.05, 3.63) is 200 Å². The van der Waals surface area contributed by atoms with E-state index in [9.17, 15) is 0 Å². The van der Waals surface area contributed by atoms with E-state index in [1.165, 1.54) is 10.8 Å². The van der Waals surface area contributed by atoms with Crippen LogP contribution in [0.4, 0.5) is 0 Å². The minimum Gasteiger partial charge on any atom is -0.456 e. The molecule has 0 saturated heterocycles. The maximum atomic E-state index is 6.13. The van der Waals surface area contributed by atoms with Gasteiger partial charge in [-0.25, -0.2) is 19.9 Å². The minimum atomic E-state index is 0.638. The molecule has 0 aliphatic carbocycles. The molecule has 13 rings (SSSR count). The number of furan rings is 1. The van der Waals surface area contributed by atoms with Gasteiger partial charge < -0.3 is 4.42 Å². The predicted octanol–water partition coefficient (Wildman–Crippen LogP) is 14.4. The van der Waals surface area contributed by atoms with E-state index < -0.39 is 0 Å². The lowest BCUT2D eigenvalue weighted by atomic mass is 9.92. The summed E-state index contributed by atoms with van der Waals surface area (Å²) in [5, 5.41) is 9.07. The van der Waals surface area contributed by atoms with Gasteiger partial charge >= 0.3 is 0 Å². The quantitative estimate of drug-likeness (QED) is 0.162. The number of fused-ring (bicyclic) bond motifs is 12. The second-order valence-corrected chi connectivity index (χ2v) is 15.8. The highest BCUT2D eigenvalue weighted by atomic mass is 16.3. The second-order valence-electron chi connectivity index (χ2n) is 15.8. The molecule has 4 aromatic heterocycles. The Morgan fingerprint density at radius 1 is 0.323 bits per heavy atom. The summed E-state index contributed by atoms with van der Waals surface area (Å²) in [4.78, 5) is 20.4. The van der Waals surface area contributed by atoms with Crippen LogP contribution in [0.3, 0.4) is 0 Å². The molecule has 0 fully saturated rings. The zero-order valence-electron chi connectivity index (χ0n) is 33.2. The van der Waals surface area contributed by atoms with Crippen LogP contribution in [-0.4, -0.2) is 24.3 Å². The average molecular weight is 792 g/mol. The molecule has 0 radical (unpaired) electrons. The molecule has 0 bridgehead atoms. The SMILES string of the molecule is c1ccc(-c2nc(-c3ccccc3)nc(-c3ccc(-c4ccc5c(c4)c4ccccc4c4nc6cc(-c7ccc8oc9ccccc9c8c7)ccn6c54)c4ccccc34)n2)cc1.